The molecule has 3 rings (SSSR count). The van der Waals surface area contributed by atoms with Crippen molar-refractivity contribution in [2.24, 2.45) is 5.92 Å². The van der Waals surface area contributed by atoms with Crippen molar-refractivity contribution in [1.82, 2.24) is 10.2 Å². The monoisotopic (exact) mass is 252 g/mol. The van der Waals surface area contributed by atoms with Crippen LogP contribution >= 0.6 is 0 Å². The zero-order valence-electron chi connectivity index (χ0n) is 11.6. The summed E-state index contributed by atoms with van der Waals surface area (Å²) in [5, 5.41) is 3.53. The van der Waals surface area contributed by atoms with E-state index in [4.69, 9.17) is 4.74 Å². The maximum atomic E-state index is 5.88. The van der Waals surface area contributed by atoms with E-state index in [2.05, 4.69) is 10.2 Å². The summed E-state index contributed by atoms with van der Waals surface area (Å²) < 4.78 is 5.88. The van der Waals surface area contributed by atoms with Crippen LogP contribution in [0.15, 0.2) is 0 Å². The Morgan fingerprint density at radius 3 is 3.06 bits per heavy atom. The minimum Gasteiger partial charge on any atom is -0.375 e. The van der Waals surface area contributed by atoms with Crippen LogP contribution in [0.4, 0.5) is 0 Å². The second kappa shape index (κ2) is 6.36. The highest BCUT2D eigenvalue weighted by atomic mass is 16.5. The molecule has 3 aliphatic rings. The highest BCUT2D eigenvalue weighted by Crippen LogP contribution is 2.30. The maximum absolute atomic E-state index is 5.88. The number of nitrogens with zero attached hydrogens (tertiary/aromatic N) is 1. The van der Waals surface area contributed by atoms with E-state index < -0.39 is 0 Å². The molecular weight excluding hydrogens is 224 g/mol. The molecule has 0 aromatic carbocycles. The van der Waals surface area contributed by atoms with Gasteiger partial charge in [0, 0.05) is 12.6 Å². The first kappa shape index (κ1) is 12.9. The normalized spacial score (nSPS) is 37.7. The number of hydrogen-bond acceptors (Lipinski definition) is 3. The van der Waals surface area contributed by atoms with Gasteiger partial charge in [-0.1, -0.05) is 0 Å². The summed E-state index contributed by atoms with van der Waals surface area (Å²) in [5.41, 5.74) is 0. The molecule has 3 atom stereocenters. The van der Waals surface area contributed by atoms with E-state index in [1.54, 1.807) is 0 Å². The Morgan fingerprint density at radius 2 is 2.17 bits per heavy atom. The van der Waals surface area contributed by atoms with E-state index in [1.165, 1.54) is 71.1 Å². The van der Waals surface area contributed by atoms with Gasteiger partial charge in [0.25, 0.3) is 0 Å². The minimum absolute atomic E-state index is 0.565. The fourth-order valence-corrected chi connectivity index (χ4v) is 4.04. The first-order valence-corrected chi connectivity index (χ1v) is 8.00. The van der Waals surface area contributed by atoms with Gasteiger partial charge in [-0.15, -0.1) is 0 Å². The van der Waals surface area contributed by atoms with E-state index in [0.29, 0.717) is 6.10 Å². The van der Waals surface area contributed by atoms with Gasteiger partial charge in [0.05, 0.1) is 12.7 Å². The molecule has 3 nitrogen and oxygen atoms in total. The largest absolute Gasteiger partial charge is 0.375 e. The Morgan fingerprint density at radius 1 is 1.17 bits per heavy atom. The van der Waals surface area contributed by atoms with Crippen molar-refractivity contribution in [2.45, 2.75) is 57.1 Å². The highest BCUT2D eigenvalue weighted by Gasteiger charge is 2.35. The zero-order chi connectivity index (χ0) is 12.2. The lowest BCUT2D eigenvalue weighted by Crippen LogP contribution is -2.48. The molecule has 2 heterocycles. The molecule has 0 radical (unpaired) electrons. The Hall–Kier alpha value is -0.120. The fraction of sp³-hybridized carbons (Fsp3) is 1.00. The number of nitrogens with one attached hydrogen (secondary N) is 1. The molecule has 1 saturated carbocycles. The van der Waals surface area contributed by atoms with Crippen LogP contribution in [0.5, 0.6) is 0 Å². The molecule has 1 aliphatic carbocycles. The summed E-state index contributed by atoms with van der Waals surface area (Å²) in [5.74, 6) is 0.944. The molecule has 3 heteroatoms. The quantitative estimate of drug-likeness (QED) is 0.828. The van der Waals surface area contributed by atoms with Crippen molar-refractivity contribution < 1.29 is 4.74 Å². The molecule has 3 unspecified atom stereocenters. The number of piperidine rings is 1. The van der Waals surface area contributed by atoms with Crippen molar-refractivity contribution in [3.8, 4) is 0 Å². The van der Waals surface area contributed by atoms with Gasteiger partial charge in [-0.25, -0.2) is 0 Å². The Bertz CT molecular complexity index is 253. The van der Waals surface area contributed by atoms with Gasteiger partial charge in [-0.2, -0.15) is 0 Å². The van der Waals surface area contributed by atoms with Crippen LogP contribution in [0.1, 0.15) is 44.9 Å². The van der Waals surface area contributed by atoms with E-state index in [1.807, 2.05) is 0 Å². The van der Waals surface area contributed by atoms with Crippen LogP contribution in [-0.4, -0.2) is 49.8 Å². The highest BCUT2D eigenvalue weighted by molar-refractivity contribution is 4.89. The van der Waals surface area contributed by atoms with Crippen molar-refractivity contribution in [2.75, 3.05) is 32.8 Å². The molecule has 0 aromatic rings. The lowest BCUT2D eigenvalue weighted by atomic mass is 9.94. The lowest BCUT2D eigenvalue weighted by molar-refractivity contribution is -0.0561. The van der Waals surface area contributed by atoms with Gasteiger partial charge in [0.15, 0.2) is 0 Å². The van der Waals surface area contributed by atoms with Gasteiger partial charge >= 0.3 is 0 Å². The van der Waals surface area contributed by atoms with Crippen LogP contribution in [0.25, 0.3) is 0 Å². The molecular formula is C15H28N2O. The summed E-state index contributed by atoms with van der Waals surface area (Å²) in [6.45, 7) is 5.94. The van der Waals surface area contributed by atoms with Crippen molar-refractivity contribution in [3.05, 3.63) is 0 Å². The van der Waals surface area contributed by atoms with Crippen LogP contribution in [0, 0.1) is 5.92 Å². The third kappa shape index (κ3) is 3.06. The number of ether oxygens (including phenoxy) is 1. The van der Waals surface area contributed by atoms with Crippen LogP contribution in [0.2, 0.25) is 0 Å². The summed E-state index contributed by atoms with van der Waals surface area (Å²) in [4.78, 5) is 2.72. The number of morpholine rings is 1. The molecule has 0 spiro atoms. The average Bonchev–Trinajstić information content (AvgIpc) is 2.89. The predicted molar refractivity (Wildman–Crippen MR) is 73.8 cm³/mol. The van der Waals surface area contributed by atoms with Crippen molar-refractivity contribution in [3.63, 3.8) is 0 Å². The van der Waals surface area contributed by atoms with Gasteiger partial charge in [-0.05, 0) is 70.5 Å². The first-order chi connectivity index (χ1) is 8.93. The Kier molecular flexibility index (Phi) is 4.55. The molecule has 0 bridgehead atoms. The molecule has 1 N–H and O–H groups in total. The summed E-state index contributed by atoms with van der Waals surface area (Å²) in [6, 6.07) is 0.753. The second-order valence-electron chi connectivity index (χ2n) is 6.30. The van der Waals surface area contributed by atoms with E-state index in [9.17, 15) is 0 Å². The Labute approximate surface area is 111 Å². The third-order valence-electron chi connectivity index (χ3n) is 5.05. The SMILES string of the molecule is C1CNCC(CCCN2CCOC3CCCC32)C1. The molecule has 2 aliphatic heterocycles. The number of hydrogen-bond donors (Lipinski definition) is 1. The van der Waals surface area contributed by atoms with Crippen LogP contribution < -0.4 is 5.32 Å². The van der Waals surface area contributed by atoms with Gasteiger partial charge in [-0.3, -0.25) is 4.90 Å². The van der Waals surface area contributed by atoms with Crippen molar-refractivity contribution in [1.29, 1.82) is 0 Å². The maximum Gasteiger partial charge on any atom is 0.0730 e. The first-order valence-electron chi connectivity index (χ1n) is 8.00. The smallest absolute Gasteiger partial charge is 0.0730 e. The molecule has 3 fully saturated rings. The van der Waals surface area contributed by atoms with Gasteiger partial charge in [0.2, 0.25) is 0 Å². The standard InChI is InChI=1S/C15H28N2O/c1-6-14-15(7-1)18-11-10-17(14)9-3-5-13-4-2-8-16-12-13/h13-16H,1-12H2. The number of rotatable bonds is 4. The van der Waals surface area contributed by atoms with E-state index in [0.717, 1.165) is 18.6 Å². The Balaban J connectivity index is 1.39. The molecule has 104 valence electrons. The average molecular weight is 252 g/mol. The predicted octanol–water partition coefficient (Wildman–Crippen LogP) is 2.02. The van der Waals surface area contributed by atoms with Crippen LogP contribution in [0.3, 0.4) is 0 Å². The zero-order valence-corrected chi connectivity index (χ0v) is 11.6. The topological polar surface area (TPSA) is 24.5 Å². The van der Waals surface area contributed by atoms with Gasteiger partial charge in [0.1, 0.15) is 0 Å². The number of fused-ring (bicyclic) bond motifs is 1. The van der Waals surface area contributed by atoms with E-state index >= 15 is 0 Å². The fourth-order valence-electron chi connectivity index (χ4n) is 4.04. The molecule has 2 saturated heterocycles. The van der Waals surface area contributed by atoms with E-state index in [-0.39, 0.29) is 0 Å². The second-order valence-corrected chi connectivity index (χ2v) is 6.30. The summed E-state index contributed by atoms with van der Waals surface area (Å²) >= 11 is 0. The molecule has 0 amide bonds. The molecule has 0 aromatic heterocycles. The summed E-state index contributed by atoms with van der Waals surface area (Å²) in [7, 11) is 0. The molecule has 18 heavy (non-hydrogen) atoms. The van der Waals surface area contributed by atoms with Gasteiger partial charge < -0.3 is 10.1 Å². The third-order valence-corrected chi connectivity index (χ3v) is 5.05. The van der Waals surface area contributed by atoms with Crippen LogP contribution in [-0.2, 0) is 4.74 Å². The lowest BCUT2D eigenvalue weighted by Gasteiger charge is -2.38. The van der Waals surface area contributed by atoms with Crippen molar-refractivity contribution >= 4 is 0 Å². The summed E-state index contributed by atoms with van der Waals surface area (Å²) in [6.07, 6.45) is 10.2. The minimum atomic E-state index is 0.565.